The van der Waals surface area contributed by atoms with E-state index in [-0.39, 0.29) is 11.9 Å². The first-order valence-electron chi connectivity index (χ1n) is 5.86. The second-order valence-electron chi connectivity index (χ2n) is 3.91. The summed E-state index contributed by atoms with van der Waals surface area (Å²) in [5.41, 5.74) is 0.824. The number of ether oxygens (including phenoxy) is 1. The summed E-state index contributed by atoms with van der Waals surface area (Å²) in [6, 6.07) is 4.57. The molecule has 1 atom stereocenters. The molecule has 0 aromatic heterocycles. The van der Waals surface area contributed by atoms with Crippen LogP contribution in [0.5, 0.6) is 0 Å². The zero-order valence-corrected chi connectivity index (χ0v) is 11.1. The van der Waals surface area contributed by atoms with Crippen molar-refractivity contribution in [1.82, 2.24) is 5.32 Å². The molecule has 0 heterocycles. The Morgan fingerprint density at radius 1 is 1.47 bits per heavy atom. The molecule has 1 aromatic carbocycles. The molecule has 2 nitrogen and oxygen atoms in total. The molecule has 0 spiro atoms. The van der Waals surface area contributed by atoms with Crippen LogP contribution in [0.1, 0.15) is 31.4 Å². The van der Waals surface area contributed by atoms with Crippen LogP contribution in [-0.2, 0) is 4.74 Å². The van der Waals surface area contributed by atoms with Crippen molar-refractivity contribution >= 4 is 11.6 Å². The minimum atomic E-state index is -0.251. The van der Waals surface area contributed by atoms with Gasteiger partial charge in [0, 0.05) is 24.8 Å². The molecular weight excluding hydrogens is 241 g/mol. The minimum Gasteiger partial charge on any atom is -0.385 e. The van der Waals surface area contributed by atoms with Crippen molar-refractivity contribution in [2.45, 2.75) is 25.8 Å². The Morgan fingerprint density at radius 2 is 2.24 bits per heavy atom. The normalized spacial score (nSPS) is 12.7. The van der Waals surface area contributed by atoms with Gasteiger partial charge in [-0.15, -0.1) is 0 Å². The number of nitrogens with one attached hydrogen (secondary N) is 1. The lowest BCUT2D eigenvalue weighted by molar-refractivity contribution is 0.189. The van der Waals surface area contributed by atoms with Crippen molar-refractivity contribution < 1.29 is 9.13 Å². The maximum absolute atomic E-state index is 13.2. The van der Waals surface area contributed by atoms with Gasteiger partial charge in [-0.1, -0.05) is 18.5 Å². The first-order valence-corrected chi connectivity index (χ1v) is 6.24. The predicted octanol–water partition coefficient (Wildman–Crippen LogP) is 3.56. The minimum absolute atomic E-state index is 0.0818. The van der Waals surface area contributed by atoms with Crippen LogP contribution in [0, 0.1) is 5.82 Å². The smallest absolute Gasteiger partial charge is 0.123 e. The Labute approximate surface area is 107 Å². The van der Waals surface area contributed by atoms with Gasteiger partial charge in [0.15, 0.2) is 0 Å². The molecular formula is C13H19ClFNO. The van der Waals surface area contributed by atoms with Crippen LogP contribution >= 0.6 is 11.6 Å². The van der Waals surface area contributed by atoms with E-state index in [0.717, 1.165) is 24.9 Å². The maximum atomic E-state index is 13.2. The van der Waals surface area contributed by atoms with Crippen LogP contribution in [-0.4, -0.2) is 20.3 Å². The molecule has 17 heavy (non-hydrogen) atoms. The molecule has 1 aromatic rings. The third-order valence-corrected chi connectivity index (χ3v) is 2.97. The van der Waals surface area contributed by atoms with E-state index in [2.05, 4.69) is 5.32 Å². The lowest BCUT2D eigenvalue weighted by Crippen LogP contribution is -2.21. The summed E-state index contributed by atoms with van der Waals surface area (Å²) in [5.74, 6) is -0.251. The van der Waals surface area contributed by atoms with Crippen molar-refractivity contribution in [3.63, 3.8) is 0 Å². The number of benzene rings is 1. The Bertz CT molecular complexity index is 346. The topological polar surface area (TPSA) is 21.3 Å². The monoisotopic (exact) mass is 259 g/mol. The van der Waals surface area contributed by atoms with Gasteiger partial charge in [-0.2, -0.15) is 0 Å². The zero-order chi connectivity index (χ0) is 12.7. The molecule has 96 valence electrons. The quantitative estimate of drug-likeness (QED) is 0.756. The molecule has 0 aliphatic heterocycles. The Balaban J connectivity index is 2.77. The first kappa shape index (κ1) is 14.4. The summed E-state index contributed by atoms with van der Waals surface area (Å²) in [4.78, 5) is 0. The van der Waals surface area contributed by atoms with Gasteiger partial charge < -0.3 is 10.1 Å². The highest BCUT2D eigenvalue weighted by atomic mass is 35.5. The summed E-state index contributed by atoms with van der Waals surface area (Å²) < 4.78 is 18.3. The molecule has 0 saturated heterocycles. The molecule has 0 bridgehead atoms. The van der Waals surface area contributed by atoms with Crippen molar-refractivity contribution in [2.24, 2.45) is 0 Å². The Morgan fingerprint density at radius 3 is 2.88 bits per heavy atom. The molecule has 0 fully saturated rings. The van der Waals surface area contributed by atoms with E-state index < -0.39 is 0 Å². The van der Waals surface area contributed by atoms with Crippen molar-refractivity contribution in [2.75, 3.05) is 20.3 Å². The molecule has 1 rings (SSSR count). The number of methoxy groups -OCH3 is 1. The number of rotatable bonds is 7. The Hall–Kier alpha value is -0.640. The molecule has 1 unspecified atom stereocenters. The Kier molecular flexibility index (Phi) is 6.48. The maximum Gasteiger partial charge on any atom is 0.123 e. The summed E-state index contributed by atoms with van der Waals surface area (Å²) in [7, 11) is 1.68. The molecule has 0 amide bonds. The lowest BCUT2D eigenvalue weighted by atomic mass is 10.0. The van der Waals surface area contributed by atoms with Crippen LogP contribution in [0.15, 0.2) is 18.2 Å². The van der Waals surface area contributed by atoms with E-state index in [1.165, 1.54) is 12.1 Å². The van der Waals surface area contributed by atoms with E-state index >= 15 is 0 Å². The van der Waals surface area contributed by atoms with Gasteiger partial charge in [0.1, 0.15) is 5.82 Å². The van der Waals surface area contributed by atoms with Crippen LogP contribution in [0.3, 0.4) is 0 Å². The van der Waals surface area contributed by atoms with Crippen LogP contribution in [0.25, 0.3) is 0 Å². The lowest BCUT2D eigenvalue weighted by Gasteiger charge is -2.19. The number of hydrogen-bond acceptors (Lipinski definition) is 2. The number of hydrogen-bond donors (Lipinski definition) is 1. The van der Waals surface area contributed by atoms with Crippen molar-refractivity contribution in [3.05, 3.63) is 34.6 Å². The van der Waals surface area contributed by atoms with Crippen molar-refractivity contribution in [3.8, 4) is 0 Å². The largest absolute Gasteiger partial charge is 0.385 e. The predicted molar refractivity (Wildman–Crippen MR) is 68.9 cm³/mol. The molecule has 1 N–H and O–H groups in total. The second kappa shape index (κ2) is 7.64. The van der Waals surface area contributed by atoms with E-state index in [0.29, 0.717) is 11.6 Å². The van der Waals surface area contributed by atoms with E-state index in [1.807, 2.05) is 6.92 Å². The van der Waals surface area contributed by atoms with Crippen LogP contribution in [0.4, 0.5) is 4.39 Å². The second-order valence-corrected chi connectivity index (χ2v) is 4.32. The first-order chi connectivity index (χ1) is 8.19. The van der Waals surface area contributed by atoms with Gasteiger partial charge in [0.05, 0.1) is 0 Å². The zero-order valence-electron chi connectivity index (χ0n) is 10.3. The third-order valence-electron chi connectivity index (χ3n) is 2.63. The van der Waals surface area contributed by atoms with Gasteiger partial charge in [-0.3, -0.25) is 0 Å². The fraction of sp³-hybridized carbons (Fsp3) is 0.538. The third kappa shape index (κ3) is 4.62. The molecule has 0 saturated carbocycles. The van der Waals surface area contributed by atoms with E-state index in [4.69, 9.17) is 16.3 Å². The highest BCUT2D eigenvalue weighted by Gasteiger charge is 2.14. The summed E-state index contributed by atoms with van der Waals surface area (Å²) in [6.07, 6.45) is 1.80. The van der Waals surface area contributed by atoms with Gasteiger partial charge in [0.2, 0.25) is 0 Å². The molecule has 0 radical (unpaired) electrons. The average molecular weight is 260 g/mol. The van der Waals surface area contributed by atoms with Crippen molar-refractivity contribution in [1.29, 1.82) is 0 Å². The standard InChI is InChI=1S/C13H19ClFNO/c1-3-16-13(5-4-8-17-2)11-9-10(15)6-7-12(11)14/h6-7,9,13,16H,3-5,8H2,1-2H3. The SMILES string of the molecule is CCNC(CCCOC)c1cc(F)ccc1Cl. The average Bonchev–Trinajstić information content (AvgIpc) is 2.32. The summed E-state index contributed by atoms with van der Waals surface area (Å²) >= 11 is 6.10. The highest BCUT2D eigenvalue weighted by molar-refractivity contribution is 6.31. The van der Waals surface area contributed by atoms with Gasteiger partial charge in [0.25, 0.3) is 0 Å². The molecule has 0 aliphatic rings. The summed E-state index contributed by atoms with van der Waals surface area (Å²) in [5, 5.41) is 3.93. The summed E-state index contributed by atoms with van der Waals surface area (Å²) in [6.45, 7) is 3.55. The van der Waals surface area contributed by atoms with Gasteiger partial charge in [-0.05, 0) is 43.1 Å². The highest BCUT2D eigenvalue weighted by Crippen LogP contribution is 2.27. The van der Waals surface area contributed by atoms with Crippen LogP contribution < -0.4 is 5.32 Å². The van der Waals surface area contributed by atoms with E-state index in [9.17, 15) is 4.39 Å². The molecule has 4 heteroatoms. The van der Waals surface area contributed by atoms with Crippen LogP contribution in [0.2, 0.25) is 5.02 Å². The number of halogens is 2. The van der Waals surface area contributed by atoms with Gasteiger partial charge in [-0.25, -0.2) is 4.39 Å². The fourth-order valence-corrected chi connectivity index (χ4v) is 2.08. The fourth-order valence-electron chi connectivity index (χ4n) is 1.83. The van der Waals surface area contributed by atoms with Gasteiger partial charge >= 0.3 is 0 Å². The van der Waals surface area contributed by atoms with E-state index in [1.54, 1.807) is 13.2 Å². The molecule has 0 aliphatic carbocycles.